The fourth-order valence-corrected chi connectivity index (χ4v) is 3.05. The summed E-state index contributed by atoms with van der Waals surface area (Å²) in [7, 11) is 1.65. The van der Waals surface area contributed by atoms with E-state index in [1.54, 1.807) is 31.4 Å². The Balaban J connectivity index is 1.93. The molecule has 2 aromatic carbocycles. The molecular weight excluding hydrogens is 391 g/mol. The standard InChI is InChI=1S/C19H13ClF3N5/c1-24-18-27-16(12-5-2-6-13(8-12)19(21,22)23)26-17-15(10-25-28(17)18)11-4-3-7-14(20)9-11/h2-10H,1H3,(H,24,26,27). The molecule has 0 aliphatic carbocycles. The van der Waals surface area contributed by atoms with Gasteiger partial charge in [-0.15, -0.1) is 0 Å². The van der Waals surface area contributed by atoms with E-state index in [0.29, 0.717) is 22.2 Å². The Morgan fingerprint density at radius 2 is 1.75 bits per heavy atom. The first-order valence-electron chi connectivity index (χ1n) is 8.24. The number of nitrogens with zero attached hydrogens (tertiary/aromatic N) is 4. The summed E-state index contributed by atoms with van der Waals surface area (Å²) in [6.07, 6.45) is -2.83. The van der Waals surface area contributed by atoms with Gasteiger partial charge in [0.2, 0.25) is 5.95 Å². The van der Waals surface area contributed by atoms with Gasteiger partial charge in [-0.1, -0.05) is 35.9 Å². The lowest BCUT2D eigenvalue weighted by Gasteiger charge is -2.10. The monoisotopic (exact) mass is 403 g/mol. The summed E-state index contributed by atoms with van der Waals surface area (Å²) < 4.78 is 40.7. The molecule has 1 N–H and O–H groups in total. The van der Waals surface area contributed by atoms with Crippen LogP contribution in [-0.4, -0.2) is 26.6 Å². The number of anilines is 1. The lowest BCUT2D eigenvalue weighted by atomic mass is 10.1. The third kappa shape index (κ3) is 3.27. The molecule has 0 aliphatic heterocycles. The van der Waals surface area contributed by atoms with Crippen molar-refractivity contribution in [2.45, 2.75) is 6.18 Å². The van der Waals surface area contributed by atoms with Gasteiger partial charge in [-0.3, -0.25) is 0 Å². The van der Waals surface area contributed by atoms with E-state index in [9.17, 15) is 13.2 Å². The summed E-state index contributed by atoms with van der Waals surface area (Å²) in [5.41, 5.74) is 1.43. The second kappa shape index (κ2) is 6.79. The Labute approximate surface area is 162 Å². The van der Waals surface area contributed by atoms with Crippen molar-refractivity contribution in [3.05, 3.63) is 65.3 Å². The van der Waals surface area contributed by atoms with Gasteiger partial charge >= 0.3 is 6.18 Å². The molecule has 0 unspecified atom stereocenters. The normalized spacial score (nSPS) is 11.8. The van der Waals surface area contributed by atoms with Crippen molar-refractivity contribution in [3.8, 4) is 22.5 Å². The van der Waals surface area contributed by atoms with Crippen molar-refractivity contribution in [1.82, 2.24) is 19.6 Å². The zero-order valence-corrected chi connectivity index (χ0v) is 15.3. The van der Waals surface area contributed by atoms with Gasteiger partial charge in [0.1, 0.15) is 0 Å². The highest BCUT2D eigenvalue weighted by molar-refractivity contribution is 6.30. The van der Waals surface area contributed by atoms with Crippen LogP contribution in [0.3, 0.4) is 0 Å². The predicted molar refractivity (Wildman–Crippen MR) is 101 cm³/mol. The van der Waals surface area contributed by atoms with Crippen molar-refractivity contribution in [2.24, 2.45) is 0 Å². The highest BCUT2D eigenvalue weighted by Gasteiger charge is 2.30. The summed E-state index contributed by atoms with van der Waals surface area (Å²) in [6.45, 7) is 0. The van der Waals surface area contributed by atoms with Crippen LogP contribution in [0, 0.1) is 0 Å². The van der Waals surface area contributed by atoms with Crippen LogP contribution in [-0.2, 0) is 6.18 Å². The van der Waals surface area contributed by atoms with Gasteiger partial charge in [0.05, 0.1) is 11.8 Å². The Bertz CT molecular complexity index is 1170. The van der Waals surface area contributed by atoms with Crippen molar-refractivity contribution in [2.75, 3.05) is 12.4 Å². The number of benzene rings is 2. The second-order valence-electron chi connectivity index (χ2n) is 6.00. The molecule has 28 heavy (non-hydrogen) atoms. The summed E-state index contributed by atoms with van der Waals surface area (Å²) in [5.74, 6) is 0.511. The van der Waals surface area contributed by atoms with Crippen molar-refractivity contribution >= 4 is 23.2 Å². The van der Waals surface area contributed by atoms with Crippen LogP contribution in [0.4, 0.5) is 19.1 Å². The van der Waals surface area contributed by atoms with Crippen LogP contribution in [0.5, 0.6) is 0 Å². The average Bonchev–Trinajstić information content (AvgIpc) is 3.11. The first kappa shape index (κ1) is 18.2. The molecule has 4 aromatic rings. The van der Waals surface area contributed by atoms with Crippen LogP contribution < -0.4 is 5.32 Å². The van der Waals surface area contributed by atoms with Gasteiger partial charge < -0.3 is 5.32 Å². The number of halogens is 4. The molecule has 0 spiro atoms. The van der Waals surface area contributed by atoms with E-state index in [1.807, 2.05) is 6.07 Å². The van der Waals surface area contributed by atoms with Crippen molar-refractivity contribution in [3.63, 3.8) is 0 Å². The van der Waals surface area contributed by atoms with E-state index in [4.69, 9.17) is 11.6 Å². The minimum absolute atomic E-state index is 0.159. The number of rotatable bonds is 3. The minimum Gasteiger partial charge on any atom is -0.357 e. The van der Waals surface area contributed by atoms with Gasteiger partial charge in [-0.25, -0.2) is 4.98 Å². The van der Waals surface area contributed by atoms with Crippen LogP contribution in [0.25, 0.3) is 28.2 Å². The maximum absolute atomic E-state index is 13.1. The molecule has 0 fully saturated rings. The minimum atomic E-state index is -4.45. The smallest absolute Gasteiger partial charge is 0.357 e. The molecule has 0 atom stereocenters. The SMILES string of the molecule is CNc1nc(-c2cccc(C(F)(F)F)c2)nc2c(-c3cccc(Cl)c3)cnn12. The first-order valence-corrected chi connectivity index (χ1v) is 8.62. The zero-order valence-electron chi connectivity index (χ0n) is 14.5. The first-order chi connectivity index (χ1) is 13.4. The molecule has 0 amide bonds. The highest BCUT2D eigenvalue weighted by atomic mass is 35.5. The van der Waals surface area contributed by atoms with E-state index in [-0.39, 0.29) is 11.4 Å². The van der Waals surface area contributed by atoms with Gasteiger partial charge in [-0.2, -0.15) is 27.8 Å². The Kier molecular flexibility index (Phi) is 4.43. The number of nitrogens with one attached hydrogen (secondary N) is 1. The van der Waals surface area contributed by atoms with Crippen LogP contribution in [0.1, 0.15) is 5.56 Å². The molecular formula is C19H13ClF3N5. The highest BCUT2D eigenvalue weighted by Crippen LogP contribution is 2.33. The van der Waals surface area contributed by atoms with Crippen LogP contribution in [0.2, 0.25) is 5.02 Å². The fraction of sp³-hybridized carbons (Fsp3) is 0.105. The molecule has 2 aromatic heterocycles. The van der Waals surface area contributed by atoms with Crippen molar-refractivity contribution in [1.29, 1.82) is 0 Å². The van der Waals surface area contributed by atoms with Gasteiger partial charge in [0, 0.05) is 23.2 Å². The third-order valence-electron chi connectivity index (χ3n) is 4.18. The number of fused-ring (bicyclic) bond motifs is 1. The molecule has 9 heteroatoms. The van der Waals surface area contributed by atoms with Crippen LogP contribution >= 0.6 is 11.6 Å². The van der Waals surface area contributed by atoms with Gasteiger partial charge in [0.15, 0.2) is 11.5 Å². The van der Waals surface area contributed by atoms with E-state index in [0.717, 1.165) is 17.7 Å². The molecule has 0 aliphatic rings. The molecule has 0 saturated heterocycles. The van der Waals surface area contributed by atoms with E-state index < -0.39 is 11.7 Å². The predicted octanol–water partition coefficient (Wildman–Crippen LogP) is 5.17. The number of hydrogen-bond donors (Lipinski definition) is 1. The molecule has 0 bridgehead atoms. The summed E-state index contributed by atoms with van der Waals surface area (Å²) in [5, 5.41) is 7.75. The Hall–Kier alpha value is -3.13. The topological polar surface area (TPSA) is 55.1 Å². The van der Waals surface area contributed by atoms with Crippen molar-refractivity contribution < 1.29 is 13.2 Å². The van der Waals surface area contributed by atoms with E-state index in [2.05, 4.69) is 20.4 Å². The second-order valence-corrected chi connectivity index (χ2v) is 6.44. The van der Waals surface area contributed by atoms with E-state index in [1.165, 1.54) is 16.6 Å². The van der Waals surface area contributed by atoms with E-state index >= 15 is 0 Å². The quantitative estimate of drug-likeness (QED) is 0.512. The Morgan fingerprint density at radius 3 is 2.46 bits per heavy atom. The molecule has 0 saturated carbocycles. The van der Waals surface area contributed by atoms with Gasteiger partial charge in [-0.05, 0) is 29.8 Å². The maximum Gasteiger partial charge on any atom is 0.416 e. The summed E-state index contributed by atoms with van der Waals surface area (Å²) in [6, 6.07) is 12.1. The molecule has 5 nitrogen and oxygen atoms in total. The largest absolute Gasteiger partial charge is 0.416 e. The number of aromatic nitrogens is 4. The zero-order chi connectivity index (χ0) is 19.9. The molecule has 142 valence electrons. The maximum atomic E-state index is 13.1. The average molecular weight is 404 g/mol. The van der Waals surface area contributed by atoms with Gasteiger partial charge in [0.25, 0.3) is 0 Å². The Morgan fingerprint density at radius 1 is 1.00 bits per heavy atom. The lowest BCUT2D eigenvalue weighted by molar-refractivity contribution is -0.137. The fourth-order valence-electron chi connectivity index (χ4n) is 2.86. The summed E-state index contributed by atoms with van der Waals surface area (Å²) in [4.78, 5) is 8.80. The molecule has 2 heterocycles. The summed E-state index contributed by atoms with van der Waals surface area (Å²) >= 11 is 6.08. The number of alkyl halides is 3. The van der Waals surface area contributed by atoms with Crippen LogP contribution in [0.15, 0.2) is 54.7 Å². The molecule has 0 radical (unpaired) electrons. The third-order valence-corrected chi connectivity index (χ3v) is 4.41. The molecule has 4 rings (SSSR count). The number of hydrogen-bond acceptors (Lipinski definition) is 4. The lowest BCUT2D eigenvalue weighted by Crippen LogP contribution is -2.07.